The Balaban J connectivity index is 1.86. The van der Waals surface area contributed by atoms with Crippen molar-refractivity contribution in [3.05, 3.63) is 85.4 Å². The van der Waals surface area contributed by atoms with Gasteiger partial charge in [0.25, 0.3) is 17.4 Å². The summed E-state index contributed by atoms with van der Waals surface area (Å²) in [6.07, 6.45) is -1.40. The van der Waals surface area contributed by atoms with E-state index in [-0.39, 0.29) is 40.5 Å². The maximum Gasteiger partial charge on any atom is 0.276 e. The van der Waals surface area contributed by atoms with Crippen LogP contribution in [0.5, 0.6) is 5.88 Å². The largest absolute Gasteiger partial charge is 0.472 e. The van der Waals surface area contributed by atoms with E-state index in [2.05, 4.69) is 26.2 Å². The molecule has 3 aromatic rings. The molecule has 0 radical (unpaired) electrons. The summed E-state index contributed by atoms with van der Waals surface area (Å²) < 4.78 is 33.9. The van der Waals surface area contributed by atoms with Crippen LogP contribution in [0.4, 0.5) is 8.78 Å². The molecule has 2 N–H and O–H groups in total. The van der Waals surface area contributed by atoms with Crippen LogP contribution in [0.15, 0.2) is 45.7 Å². The summed E-state index contributed by atoms with van der Waals surface area (Å²) in [5.74, 6) is -2.45. The Morgan fingerprint density at radius 1 is 1.19 bits per heavy atom. The molecule has 9 nitrogen and oxygen atoms in total. The molecule has 1 unspecified atom stereocenters. The second kappa shape index (κ2) is 11.6. The van der Waals surface area contributed by atoms with E-state index in [4.69, 9.17) is 4.74 Å². The van der Waals surface area contributed by atoms with Crippen molar-refractivity contribution in [3.8, 4) is 11.6 Å². The Hall–Kier alpha value is -3.64. The van der Waals surface area contributed by atoms with Crippen LogP contribution in [-0.4, -0.2) is 58.1 Å². The Labute approximate surface area is 219 Å². The molecule has 1 heterocycles. The number of benzene rings is 2. The first-order chi connectivity index (χ1) is 17.4. The quantitative estimate of drug-likeness (QED) is 0.425. The number of aromatic nitrogens is 2. The van der Waals surface area contributed by atoms with Crippen molar-refractivity contribution in [2.45, 2.75) is 26.6 Å². The molecule has 0 aliphatic heterocycles. The topological polar surface area (TPSA) is 114 Å². The molecular weight excluding hydrogens is 554 g/mol. The summed E-state index contributed by atoms with van der Waals surface area (Å²) in [5.41, 5.74) is 0.794. The fraction of sp³-hybridized carbons (Fsp3) is 0.280. The van der Waals surface area contributed by atoms with E-state index in [0.29, 0.717) is 11.3 Å². The molecule has 0 aliphatic carbocycles. The van der Waals surface area contributed by atoms with Gasteiger partial charge in [-0.3, -0.25) is 19.0 Å². The molecule has 2 aromatic carbocycles. The van der Waals surface area contributed by atoms with Crippen LogP contribution in [0.25, 0.3) is 5.69 Å². The van der Waals surface area contributed by atoms with Gasteiger partial charge in [-0.05, 0) is 59.6 Å². The van der Waals surface area contributed by atoms with Gasteiger partial charge in [0.15, 0.2) is 0 Å². The standard InChI is InChI=1S/C25H25BrF2N4O5/c1-13-5-6-15(22(34)29-11-20(33)24(35)31(3)4)9-19(13)32-14(2)30-23(21(26)25(32)36)37-12-16-7-8-17(27)10-18(16)28/h5-10,20,33H,11-12H2,1-4H3,(H,29,34). The zero-order valence-electron chi connectivity index (χ0n) is 20.5. The van der Waals surface area contributed by atoms with Crippen LogP contribution in [0, 0.1) is 25.5 Å². The van der Waals surface area contributed by atoms with Crippen LogP contribution in [0.3, 0.4) is 0 Å². The lowest BCUT2D eigenvalue weighted by atomic mass is 10.1. The summed E-state index contributed by atoms with van der Waals surface area (Å²) in [7, 11) is 2.98. The highest BCUT2D eigenvalue weighted by molar-refractivity contribution is 9.10. The molecule has 1 aromatic heterocycles. The zero-order chi connectivity index (χ0) is 27.4. The van der Waals surface area contributed by atoms with Crippen LogP contribution in [-0.2, 0) is 11.4 Å². The summed E-state index contributed by atoms with van der Waals surface area (Å²) >= 11 is 3.19. The highest BCUT2D eigenvalue weighted by Gasteiger charge is 2.20. The van der Waals surface area contributed by atoms with Gasteiger partial charge in [-0.1, -0.05) is 6.07 Å². The summed E-state index contributed by atoms with van der Waals surface area (Å²) in [6, 6.07) is 7.75. The monoisotopic (exact) mass is 578 g/mol. The van der Waals surface area contributed by atoms with Crippen LogP contribution in [0.2, 0.25) is 0 Å². The van der Waals surface area contributed by atoms with Crippen molar-refractivity contribution < 1.29 is 28.2 Å². The van der Waals surface area contributed by atoms with Gasteiger partial charge in [-0.15, -0.1) is 0 Å². The SMILES string of the molecule is Cc1ccc(C(=O)NCC(O)C(=O)N(C)C)cc1-n1c(C)nc(OCc2ccc(F)cc2F)c(Br)c1=O. The highest BCUT2D eigenvalue weighted by Crippen LogP contribution is 2.24. The number of carbonyl (C=O) groups is 2. The molecular formula is C25H25BrF2N4O5. The van der Waals surface area contributed by atoms with E-state index >= 15 is 0 Å². The number of nitrogens with zero attached hydrogens (tertiary/aromatic N) is 3. The van der Waals surface area contributed by atoms with Crippen molar-refractivity contribution in [1.29, 1.82) is 0 Å². The van der Waals surface area contributed by atoms with E-state index in [9.17, 15) is 28.3 Å². The number of hydrogen-bond acceptors (Lipinski definition) is 6. The van der Waals surface area contributed by atoms with Crippen LogP contribution in [0.1, 0.15) is 27.3 Å². The fourth-order valence-electron chi connectivity index (χ4n) is 3.42. The Bertz CT molecular complexity index is 1410. The van der Waals surface area contributed by atoms with E-state index in [1.807, 2.05) is 0 Å². The maximum atomic E-state index is 13.9. The molecule has 1 atom stereocenters. The zero-order valence-corrected chi connectivity index (χ0v) is 22.1. The lowest BCUT2D eigenvalue weighted by Crippen LogP contribution is -2.42. The molecule has 196 valence electrons. The maximum absolute atomic E-state index is 13.9. The number of aliphatic hydroxyl groups is 1. The van der Waals surface area contributed by atoms with Gasteiger partial charge >= 0.3 is 0 Å². The first kappa shape index (κ1) is 27.9. The average Bonchev–Trinajstić information content (AvgIpc) is 2.85. The lowest BCUT2D eigenvalue weighted by molar-refractivity contribution is -0.137. The highest BCUT2D eigenvalue weighted by atomic mass is 79.9. The van der Waals surface area contributed by atoms with Crippen LogP contribution >= 0.6 is 15.9 Å². The number of rotatable bonds is 8. The van der Waals surface area contributed by atoms with Gasteiger partial charge < -0.3 is 20.1 Å². The smallest absolute Gasteiger partial charge is 0.276 e. The number of ether oxygens (including phenoxy) is 1. The number of carbonyl (C=O) groups excluding carboxylic acids is 2. The summed E-state index contributed by atoms with van der Waals surface area (Å²) in [6.45, 7) is 2.75. The third-order valence-corrected chi connectivity index (χ3v) is 6.12. The van der Waals surface area contributed by atoms with E-state index in [0.717, 1.165) is 12.1 Å². The normalized spacial score (nSPS) is 11.7. The number of halogens is 3. The minimum atomic E-state index is -1.40. The number of aryl methyl sites for hydroxylation is 2. The van der Waals surface area contributed by atoms with Gasteiger partial charge in [0, 0.05) is 31.3 Å². The number of amides is 2. The Morgan fingerprint density at radius 2 is 1.89 bits per heavy atom. The van der Waals surface area contributed by atoms with E-state index in [1.165, 1.54) is 35.7 Å². The third-order valence-electron chi connectivity index (χ3n) is 5.44. The minimum Gasteiger partial charge on any atom is -0.472 e. The average molecular weight is 579 g/mol. The Kier molecular flexibility index (Phi) is 8.77. The predicted molar refractivity (Wildman–Crippen MR) is 135 cm³/mol. The molecule has 0 bridgehead atoms. The van der Waals surface area contributed by atoms with E-state index < -0.39 is 35.1 Å². The second-order valence-corrected chi connectivity index (χ2v) is 9.20. The van der Waals surface area contributed by atoms with Crippen LogP contribution < -0.4 is 15.6 Å². The number of hydrogen-bond donors (Lipinski definition) is 2. The molecule has 0 spiro atoms. The van der Waals surface area contributed by atoms with Crippen molar-refractivity contribution in [3.63, 3.8) is 0 Å². The van der Waals surface area contributed by atoms with Crippen molar-refractivity contribution >= 4 is 27.7 Å². The van der Waals surface area contributed by atoms with Gasteiger partial charge in [0.05, 0.1) is 12.2 Å². The summed E-state index contributed by atoms with van der Waals surface area (Å²) in [4.78, 5) is 43.2. The van der Waals surface area contributed by atoms with Gasteiger partial charge in [-0.2, -0.15) is 4.98 Å². The molecule has 0 fully saturated rings. The van der Waals surface area contributed by atoms with Gasteiger partial charge in [-0.25, -0.2) is 8.78 Å². The van der Waals surface area contributed by atoms with Crippen molar-refractivity contribution in [2.75, 3.05) is 20.6 Å². The minimum absolute atomic E-state index is 0.0276. The lowest BCUT2D eigenvalue weighted by Gasteiger charge is -2.17. The molecule has 3 rings (SSSR count). The first-order valence-electron chi connectivity index (χ1n) is 11.0. The number of likely N-dealkylation sites (N-methyl/N-ethyl adjacent to an activating group) is 1. The summed E-state index contributed by atoms with van der Waals surface area (Å²) in [5, 5.41) is 12.4. The number of aliphatic hydroxyl groups excluding tert-OH is 1. The van der Waals surface area contributed by atoms with Crippen molar-refractivity contribution in [2.24, 2.45) is 0 Å². The molecule has 12 heteroatoms. The molecule has 0 aliphatic rings. The second-order valence-electron chi connectivity index (χ2n) is 8.40. The van der Waals surface area contributed by atoms with Gasteiger partial charge in [0.1, 0.15) is 34.6 Å². The predicted octanol–water partition coefficient (Wildman–Crippen LogP) is 2.65. The molecule has 0 saturated carbocycles. The Morgan fingerprint density at radius 3 is 2.54 bits per heavy atom. The van der Waals surface area contributed by atoms with Gasteiger partial charge in [0.2, 0.25) is 5.88 Å². The first-order valence-corrected chi connectivity index (χ1v) is 11.8. The van der Waals surface area contributed by atoms with Crippen molar-refractivity contribution in [1.82, 2.24) is 19.8 Å². The van der Waals surface area contributed by atoms with E-state index in [1.54, 1.807) is 26.0 Å². The third kappa shape index (κ3) is 6.38. The molecule has 0 saturated heterocycles. The molecule has 2 amide bonds. The number of nitrogens with one attached hydrogen (secondary N) is 1. The molecule has 37 heavy (non-hydrogen) atoms. The fourth-order valence-corrected chi connectivity index (χ4v) is 3.80.